The highest BCUT2D eigenvalue weighted by molar-refractivity contribution is 5.94. The van der Waals surface area contributed by atoms with Crippen molar-refractivity contribution in [2.24, 2.45) is 0 Å². The average Bonchev–Trinajstić information content (AvgIpc) is 2.87. The lowest BCUT2D eigenvalue weighted by atomic mass is 9.82. The highest BCUT2D eigenvalue weighted by Crippen LogP contribution is 2.44. The Morgan fingerprint density at radius 1 is 1.44 bits per heavy atom. The van der Waals surface area contributed by atoms with Crippen molar-refractivity contribution in [1.82, 2.24) is 5.32 Å². The van der Waals surface area contributed by atoms with Gasteiger partial charge in [-0.1, -0.05) is 18.2 Å². The molecule has 0 aromatic heterocycles. The molecule has 0 bridgehead atoms. The zero-order valence-electron chi connectivity index (χ0n) is 9.49. The molecule has 1 N–H and O–H groups in total. The Morgan fingerprint density at radius 3 is 2.94 bits per heavy atom. The van der Waals surface area contributed by atoms with Crippen LogP contribution in [0.5, 0.6) is 0 Å². The third-order valence-electron chi connectivity index (χ3n) is 3.85. The van der Waals surface area contributed by atoms with E-state index in [9.17, 15) is 4.79 Å². The molecule has 1 unspecified atom stereocenters. The number of hydrogen-bond donors (Lipinski definition) is 1. The van der Waals surface area contributed by atoms with E-state index >= 15 is 0 Å². The molecule has 2 heterocycles. The van der Waals surface area contributed by atoms with Gasteiger partial charge in [0.25, 0.3) is 0 Å². The minimum atomic E-state index is 0.149. The van der Waals surface area contributed by atoms with Crippen LogP contribution in [0, 0.1) is 0 Å². The molecule has 1 atom stereocenters. The Kier molecular flexibility index (Phi) is 2.04. The van der Waals surface area contributed by atoms with Gasteiger partial charge < -0.3 is 10.2 Å². The van der Waals surface area contributed by atoms with Crippen LogP contribution in [-0.4, -0.2) is 25.5 Å². The predicted octanol–water partition coefficient (Wildman–Crippen LogP) is 1.28. The van der Waals surface area contributed by atoms with Crippen molar-refractivity contribution in [3.05, 3.63) is 29.8 Å². The van der Waals surface area contributed by atoms with Crippen molar-refractivity contribution in [1.29, 1.82) is 0 Å². The maximum atomic E-state index is 11.7. The lowest BCUT2D eigenvalue weighted by Gasteiger charge is -2.23. The van der Waals surface area contributed by atoms with Crippen LogP contribution < -0.4 is 10.2 Å². The highest BCUT2D eigenvalue weighted by atomic mass is 16.2. The zero-order valence-corrected chi connectivity index (χ0v) is 9.49. The Morgan fingerprint density at radius 2 is 2.25 bits per heavy atom. The summed E-state index contributed by atoms with van der Waals surface area (Å²) >= 11 is 0. The Labute approximate surface area is 95.4 Å². The number of amides is 1. The minimum Gasteiger partial charge on any atom is -0.316 e. The van der Waals surface area contributed by atoms with Crippen molar-refractivity contribution in [2.75, 3.05) is 24.5 Å². The molecule has 0 radical (unpaired) electrons. The summed E-state index contributed by atoms with van der Waals surface area (Å²) in [6.07, 6.45) is 1.13. The summed E-state index contributed by atoms with van der Waals surface area (Å²) in [6, 6.07) is 8.31. The standard InChI is InChI=1S/C13H16N2O/c1-10(16)15-9-13(6-7-14-8-13)11-4-2-3-5-12(11)15/h2-5,14H,6-9H2,1H3. The number of fused-ring (bicyclic) bond motifs is 2. The summed E-state index contributed by atoms with van der Waals surface area (Å²) in [7, 11) is 0. The normalized spacial score (nSPS) is 27.4. The van der Waals surface area contributed by atoms with Crippen LogP contribution in [0.2, 0.25) is 0 Å². The summed E-state index contributed by atoms with van der Waals surface area (Å²) in [5.41, 5.74) is 2.62. The number of benzene rings is 1. The summed E-state index contributed by atoms with van der Waals surface area (Å²) < 4.78 is 0. The Balaban J connectivity index is 2.11. The van der Waals surface area contributed by atoms with Gasteiger partial charge in [-0.25, -0.2) is 0 Å². The second-order valence-corrected chi connectivity index (χ2v) is 4.83. The lowest BCUT2D eigenvalue weighted by molar-refractivity contribution is -0.116. The van der Waals surface area contributed by atoms with E-state index in [2.05, 4.69) is 23.5 Å². The molecular weight excluding hydrogens is 200 g/mol. The van der Waals surface area contributed by atoms with E-state index in [1.165, 1.54) is 5.56 Å². The number of nitrogens with zero attached hydrogens (tertiary/aromatic N) is 1. The summed E-state index contributed by atoms with van der Waals surface area (Å²) in [6.45, 7) is 4.54. The van der Waals surface area contributed by atoms with E-state index in [4.69, 9.17) is 0 Å². The van der Waals surface area contributed by atoms with E-state index in [1.807, 2.05) is 11.0 Å². The number of hydrogen-bond acceptors (Lipinski definition) is 2. The maximum absolute atomic E-state index is 11.7. The summed E-state index contributed by atoms with van der Waals surface area (Å²) in [5.74, 6) is 0.149. The van der Waals surface area contributed by atoms with Gasteiger partial charge in [-0.05, 0) is 24.6 Å². The molecule has 1 aromatic carbocycles. The van der Waals surface area contributed by atoms with Crippen molar-refractivity contribution in [3.63, 3.8) is 0 Å². The number of para-hydroxylation sites is 1. The molecule has 1 fully saturated rings. The molecule has 84 valence electrons. The SMILES string of the molecule is CC(=O)N1CC2(CCNC2)c2ccccc21. The van der Waals surface area contributed by atoms with Gasteiger partial charge in [0.15, 0.2) is 0 Å². The van der Waals surface area contributed by atoms with E-state index in [1.54, 1.807) is 6.92 Å². The number of carbonyl (C=O) groups excluding carboxylic acids is 1. The second kappa shape index (κ2) is 3.32. The van der Waals surface area contributed by atoms with Gasteiger partial charge in [-0.2, -0.15) is 0 Å². The Bertz CT molecular complexity index is 435. The molecule has 16 heavy (non-hydrogen) atoms. The van der Waals surface area contributed by atoms with Crippen molar-refractivity contribution >= 4 is 11.6 Å². The van der Waals surface area contributed by atoms with E-state index < -0.39 is 0 Å². The molecule has 2 aliphatic rings. The monoisotopic (exact) mass is 216 g/mol. The smallest absolute Gasteiger partial charge is 0.223 e. The summed E-state index contributed by atoms with van der Waals surface area (Å²) in [4.78, 5) is 13.6. The first-order valence-corrected chi connectivity index (χ1v) is 5.81. The maximum Gasteiger partial charge on any atom is 0.223 e. The van der Waals surface area contributed by atoms with Gasteiger partial charge in [0.2, 0.25) is 5.91 Å². The quantitative estimate of drug-likeness (QED) is 0.708. The van der Waals surface area contributed by atoms with E-state index in [-0.39, 0.29) is 11.3 Å². The molecule has 3 rings (SSSR count). The lowest BCUT2D eigenvalue weighted by Crippen LogP contribution is -2.37. The number of anilines is 1. The molecule has 0 aliphatic carbocycles. The fraction of sp³-hybridized carbons (Fsp3) is 0.462. The fourth-order valence-corrected chi connectivity index (χ4v) is 3.02. The second-order valence-electron chi connectivity index (χ2n) is 4.83. The molecule has 1 amide bonds. The van der Waals surface area contributed by atoms with Crippen molar-refractivity contribution in [3.8, 4) is 0 Å². The molecule has 3 heteroatoms. The number of carbonyl (C=O) groups is 1. The van der Waals surface area contributed by atoms with Crippen LogP contribution in [0.4, 0.5) is 5.69 Å². The fourth-order valence-electron chi connectivity index (χ4n) is 3.02. The van der Waals surface area contributed by atoms with Crippen LogP contribution in [0.3, 0.4) is 0 Å². The van der Waals surface area contributed by atoms with E-state index in [0.717, 1.165) is 31.7 Å². The van der Waals surface area contributed by atoms with E-state index in [0.29, 0.717) is 0 Å². The van der Waals surface area contributed by atoms with Crippen LogP contribution in [0.1, 0.15) is 18.9 Å². The first kappa shape index (κ1) is 9.85. The molecule has 0 saturated carbocycles. The molecule has 1 saturated heterocycles. The molecule has 3 nitrogen and oxygen atoms in total. The van der Waals surface area contributed by atoms with Gasteiger partial charge >= 0.3 is 0 Å². The molecule has 1 spiro atoms. The average molecular weight is 216 g/mol. The zero-order chi connectivity index (χ0) is 11.2. The highest BCUT2D eigenvalue weighted by Gasteiger charge is 2.45. The van der Waals surface area contributed by atoms with Crippen LogP contribution >= 0.6 is 0 Å². The first-order valence-electron chi connectivity index (χ1n) is 5.81. The number of rotatable bonds is 0. The third kappa shape index (κ3) is 1.21. The van der Waals surface area contributed by atoms with Gasteiger partial charge in [0, 0.05) is 31.1 Å². The molecule has 1 aromatic rings. The first-order chi connectivity index (χ1) is 7.73. The van der Waals surface area contributed by atoms with Gasteiger partial charge in [0.05, 0.1) is 0 Å². The minimum absolute atomic E-state index is 0.149. The van der Waals surface area contributed by atoms with Crippen molar-refractivity contribution < 1.29 is 4.79 Å². The van der Waals surface area contributed by atoms with Crippen LogP contribution in [0.15, 0.2) is 24.3 Å². The van der Waals surface area contributed by atoms with Gasteiger partial charge in [-0.3, -0.25) is 4.79 Å². The molecule has 2 aliphatic heterocycles. The third-order valence-corrected chi connectivity index (χ3v) is 3.85. The number of nitrogens with one attached hydrogen (secondary N) is 1. The summed E-state index contributed by atoms with van der Waals surface area (Å²) in [5, 5.41) is 3.42. The van der Waals surface area contributed by atoms with Gasteiger partial charge in [0.1, 0.15) is 0 Å². The van der Waals surface area contributed by atoms with Gasteiger partial charge in [-0.15, -0.1) is 0 Å². The van der Waals surface area contributed by atoms with Crippen molar-refractivity contribution in [2.45, 2.75) is 18.8 Å². The van der Waals surface area contributed by atoms with Crippen LogP contribution in [-0.2, 0) is 10.2 Å². The topological polar surface area (TPSA) is 32.3 Å². The Hall–Kier alpha value is -1.35. The molecular formula is C13H16N2O. The van der Waals surface area contributed by atoms with Crippen LogP contribution in [0.25, 0.3) is 0 Å². The predicted molar refractivity (Wildman–Crippen MR) is 63.6 cm³/mol. The largest absolute Gasteiger partial charge is 0.316 e.